The molecule has 0 saturated heterocycles. The Labute approximate surface area is 141 Å². The lowest BCUT2D eigenvalue weighted by atomic mass is 10.2. The van der Waals surface area contributed by atoms with Gasteiger partial charge in [0.1, 0.15) is 0 Å². The molecular formula is C18H19N5O. The Bertz CT molecular complexity index is 719. The van der Waals surface area contributed by atoms with Crippen molar-refractivity contribution in [2.24, 2.45) is 5.10 Å². The van der Waals surface area contributed by atoms with Gasteiger partial charge in [0.25, 0.3) is 0 Å². The molecule has 2 amide bonds. The molecule has 0 bridgehead atoms. The van der Waals surface area contributed by atoms with Crippen LogP contribution in [-0.2, 0) is 0 Å². The van der Waals surface area contributed by atoms with Gasteiger partial charge in [-0.3, -0.25) is 0 Å². The third-order valence-electron chi connectivity index (χ3n) is 3.30. The maximum Gasteiger partial charge on any atom is 0.339 e. The maximum atomic E-state index is 11.7. The molecule has 24 heavy (non-hydrogen) atoms. The van der Waals surface area contributed by atoms with Crippen LogP contribution in [0.3, 0.4) is 0 Å². The molecule has 0 atom stereocenters. The highest BCUT2D eigenvalue weighted by molar-refractivity contribution is 5.90. The SMILES string of the molecule is CN(CCC#N)c1ccc(/C=N/NC(=O)Nc2ccccc2)cc1. The van der Waals surface area contributed by atoms with Gasteiger partial charge in [-0.05, 0) is 29.8 Å². The van der Waals surface area contributed by atoms with Crippen LogP contribution in [0.4, 0.5) is 16.2 Å². The van der Waals surface area contributed by atoms with E-state index >= 15 is 0 Å². The number of anilines is 2. The van der Waals surface area contributed by atoms with E-state index in [1.165, 1.54) is 0 Å². The fraction of sp³-hybridized carbons (Fsp3) is 0.167. The van der Waals surface area contributed by atoms with Gasteiger partial charge in [0.15, 0.2) is 0 Å². The number of hydrazone groups is 1. The molecule has 0 radical (unpaired) electrons. The van der Waals surface area contributed by atoms with Gasteiger partial charge in [-0.1, -0.05) is 30.3 Å². The molecule has 2 aromatic carbocycles. The first-order valence-corrected chi connectivity index (χ1v) is 7.52. The van der Waals surface area contributed by atoms with Crippen molar-refractivity contribution in [3.8, 4) is 6.07 Å². The summed E-state index contributed by atoms with van der Waals surface area (Å²) in [7, 11) is 1.94. The van der Waals surface area contributed by atoms with E-state index in [-0.39, 0.29) is 0 Å². The number of benzene rings is 2. The highest BCUT2D eigenvalue weighted by Crippen LogP contribution is 2.13. The van der Waals surface area contributed by atoms with Gasteiger partial charge in [-0.15, -0.1) is 0 Å². The molecule has 0 heterocycles. The number of nitrogens with one attached hydrogen (secondary N) is 2. The van der Waals surface area contributed by atoms with Crippen LogP contribution >= 0.6 is 0 Å². The Morgan fingerprint density at radius 1 is 1.21 bits per heavy atom. The molecule has 6 nitrogen and oxygen atoms in total. The van der Waals surface area contributed by atoms with Crippen LogP contribution in [0.25, 0.3) is 0 Å². The number of amides is 2. The van der Waals surface area contributed by atoms with Crippen molar-refractivity contribution in [2.75, 3.05) is 23.8 Å². The minimum Gasteiger partial charge on any atom is -0.374 e. The summed E-state index contributed by atoms with van der Waals surface area (Å²) in [6, 6.07) is 18.6. The van der Waals surface area contributed by atoms with Crippen molar-refractivity contribution in [2.45, 2.75) is 6.42 Å². The van der Waals surface area contributed by atoms with Crippen LogP contribution in [0.1, 0.15) is 12.0 Å². The molecule has 0 aliphatic rings. The zero-order chi connectivity index (χ0) is 17.2. The van der Waals surface area contributed by atoms with E-state index in [1.807, 2.05) is 54.4 Å². The lowest BCUT2D eigenvalue weighted by molar-refractivity contribution is 0.252. The highest BCUT2D eigenvalue weighted by atomic mass is 16.2. The van der Waals surface area contributed by atoms with Gasteiger partial charge in [0.2, 0.25) is 0 Å². The van der Waals surface area contributed by atoms with E-state index in [0.717, 1.165) is 11.3 Å². The highest BCUT2D eigenvalue weighted by Gasteiger charge is 2.00. The number of nitriles is 1. The van der Waals surface area contributed by atoms with Crippen LogP contribution in [0.5, 0.6) is 0 Å². The van der Waals surface area contributed by atoms with Gasteiger partial charge in [0.05, 0.1) is 18.7 Å². The van der Waals surface area contributed by atoms with E-state index in [1.54, 1.807) is 18.3 Å². The summed E-state index contributed by atoms with van der Waals surface area (Å²) >= 11 is 0. The third kappa shape index (κ3) is 5.46. The minimum absolute atomic E-state index is 0.398. The van der Waals surface area contributed by atoms with Crippen molar-refractivity contribution in [3.05, 3.63) is 60.2 Å². The second-order valence-corrected chi connectivity index (χ2v) is 5.11. The summed E-state index contributed by atoms with van der Waals surface area (Å²) in [5.41, 5.74) is 5.01. The number of rotatable bonds is 6. The monoisotopic (exact) mass is 321 g/mol. The van der Waals surface area contributed by atoms with E-state index in [4.69, 9.17) is 5.26 Å². The zero-order valence-electron chi connectivity index (χ0n) is 13.4. The number of nitrogens with zero attached hydrogens (tertiary/aromatic N) is 3. The first-order chi connectivity index (χ1) is 11.7. The van der Waals surface area contributed by atoms with Gasteiger partial charge >= 0.3 is 6.03 Å². The van der Waals surface area contributed by atoms with Crippen molar-refractivity contribution in [1.29, 1.82) is 5.26 Å². The summed E-state index contributed by atoms with van der Waals surface area (Å²) in [6.45, 7) is 0.686. The summed E-state index contributed by atoms with van der Waals surface area (Å²) in [5.74, 6) is 0. The number of para-hydroxylation sites is 1. The lowest BCUT2D eigenvalue weighted by Crippen LogP contribution is -2.24. The minimum atomic E-state index is -0.398. The third-order valence-corrected chi connectivity index (χ3v) is 3.30. The van der Waals surface area contributed by atoms with Crippen LogP contribution in [0.15, 0.2) is 59.7 Å². The number of carbonyl (C=O) groups is 1. The molecule has 0 aliphatic heterocycles. The topological polar surface area (TPSA) is 80.5 Å². The molecule has 6 heteroatoms. The standard InChI is InChI=1S/C18H19N5O/c1-23(13-5-12-19)17-10-8-15(9-11-17)14-20-22-18(24)21-16-6-3-2-4-7-16/h2-4,6-11,14H,5,13H2,1H3,(H2,21,22,24)/b20-14+. The predicted molar refractivity (Wildman–Crippen MR) is 96.1 cm³/mol. The first-order valence-electron chi connectivity index (χ1n) is 7.52. The second kappa shape index (κ2) is 8.96. The van der Waals surface area contributed by atoms with Gasteiger partial charge < -0.3 is 10.2 Å². The Kier molecular flexibility index (Phi) is 6.35. The molecule has 2 aromatic rings. The second-order valence-electron chi connectivity index (χ2n) is 5.11. The Hall–Kier alpha value is -3.33. The smallest absolute Gasteiger partial charge is 0.339 e. The van der Waals surface area contributed by atoms with E-state index in [0.29, 0.717) is 18.7 Å². The predicted octanol–water partition coefficient (Wildman–Crippen LogP) is 3.19. The number of urea groups is 1. The maximum absolute atomic E-state index is 11.7. The van der Waals surface area contributed by atoms with E-state index in [9.17, 15) is 4.79 Å². The molecular weight excluding hydrogens is 302 g/mol. The molecule has 0 unspecified atom stereocenters. The van der Waals surface area contributed by atoms with Crippen molar-refractivity contribution in [1.82, 2.24) is 5.43 Å². The molecule has 2 rings (SSSR count). The average molecular weight is 321 g/mol. The zero-order valence-corrected chi connectivity index (χ0v) is 13.4. The molecule has 0 aliphatic carbocycles. The lowest BCUT2D eigenvalue weighted by Gasteiger charge is -2.17. The van der Waals surface area contributed by atoms with Crippen molar-refractivity contribution in [3.63, 3.8) is 0 Å². The van der Waals surface area contributed by atoms with Crippen molar-refractivity contribution >= 4 is 23.6 Å². The fourth-order valence-electron chi connectivity index (χ4n) is 2.01. The summed E-state index contributed by atoms with van der Waals surface area (Å²) in [6.07, 6.45) is 2.06. The molecule has 2 N–H and O–H groups in total. The van der Waals surface area contributed by atoms with Crippen LogP contribution < -0.4 is 15.6 Å². The van der Waals surface area contributed by atoms with E-state index < -0.39 is 6.03 Å². The Morgan fingerprint density at radius 2 is 1.92 bits per heavy atom. The molecule has 0 fully saturated rings. The van der Waals surface area contributed by atoms with Gasteiger partial charge in [-0.25, -0.2) is 10.2 Å². The van der Waals surface area contributed by atoms with Gasteiger partial charge in [0, 0.05) is 25.0 Å². The van der Waals surface area contributed by atoms with Crippen LogP contribution in [-0.4, -0.2) is 25.8 Å². The number of carbonyl (C=O) groups excluding carboxylic acids is 1. The summed E-state index contributed by atoms with van der Waals surface area (Å²) < 4.78 is 0. The number of hydrogen-bond donors (Lipinski definition) is 2. The molecule has 0 spiro atoms. The van der Waals surface area contributed by atoms with Crippen molar-refractivity contribution < 1.29 is 4.79 Å². The molecule has 122 valence electrons. The summed E-state index contributed by atoms with van der Waals surface area (Å²) in [4.78, 5) is 13.7. The average Bonchev–Trinajstić information content (AvgIpc) is 2.61. The quantitative estimate of drug-likeness (QED) is 0.633. The molecule has 0 saturated carbocycles. The number of hydrogen-bond acceptors (Lipinski definition) is 4. The van der Waals surface area contributed by atoms with E-state index in [2.05, 4.69) is 21.9 Å². The summed E-state index contributed by atoms with van der Waals surface area (Å²) in [5, 5.41) is 15.2. The largest absolute Gasteiger partial charge is 0.374 e. The fourth-order valence-corrected chi connectivity index (χ4v) is 2.01. The van der Waals surface area contributed by atoms with Crippen LogP contribution in [0, 0.1) is 11.3 Å². The molecule has 0 aromatic heterocycles. The normalized spacial score (nSPS) is 10.2. The first kappa shape index (κ1) is 17.0. The Balaban J connectivity index is 1.83. The Morgan fingerprint density at radius 3 is 2.58 bits per heavy atom. The van der Waals surface area contributed by atoms with Crippen LogP contribution in [0.2, 0.25) is 0 Å². The van der Waals surface area contributed by atoms with Gasteiger partial charge in [-0.2, -0.15) is 10.4 Å².